The summed E-state index contributed by atoms with van der Waals surface area (Å²) in [7, 11) is 0. The van der Waals surface area contributed by atoms with Crippen LogP contribution in [0.1, 0.15) is 27.2 Å². The van der Waals surface area contributed by atoms with E-state index in [-0.39, 0.29) is 105 Å². The first kappa shape index (κ1) is 24.3. The van der Waals surface area contributed by atoms with Gasteiger partial charge >= 0.3 is 58.2 Å². The van der Waals surface area contributed by atoms with E-state index in [0.29, 0.717) is 13.1 Å². The number of hydrogen-bond donors (Lipinski definition) is 0. The fourth-order valence-corrected chi connectivity index (χ4v) is 2.79. The summed E-state index contributed by atoms with van der Waals surface area (Å²) in [5, 5.41) is 0. The number of carbonyl (C=O) groups excluding carboxylic acids is 1. The molecule has 1 amide bonds. The Morgan fingerprint density at radius 3 is 2.54 bits per heavy atom. The third-order valence-corrected chi connectivity index (χ3v) is 3.97. The number of amides is 1. The van der Waals surface area contributed by atoms with Gasteiger partial charge in [0.05, 0.1) is 0 Å². The molecule has 0 spiro atoms. The van der Waals surface area contributed by atoms with Gasteiger partial charge in [-0.1, -0.05) is 23.9 Å². The number of hydrogen-bond acceptors (Lipinski definition) is 2. The zero-order chi connectivity index (χ0) is 15.8. The Labute approximate surface area is 229 Å². The average molecular weight is 758 g/mol. The molecule has 2 radical (unpaired) electrons. The zero-order valence-electron chi connectivity index (χ0n) is 14.5. The van der Waals surface area contributed by atoms with Gasteiger partial charge in [-0.25, -0.2) is 6.20 Å². The van der Waals surface area contributed by atoms with Crippen LogP contribution in [-0.4, -0.2) is 20.4 Å². The molecule has 1 aliphatic rings. The van der Waals surface area contributed by atoms with Crippen LogP contribution < -0.4 is 58.2 Å². The van der Waals surface area contributed by atoms with Crippen molar-refractivity contribution in [3.8, 4) is 5.69 Å². The maximum atomic E-state index is 12.4. The van der Waals surface area contributed by atoms with Crippen LogP contribution >= 0.6 is 0 Å². The SMILES string of the molecule is Cc1[c-]n(-c2c[c-]c(CN3Cc4ccccc4C3=O)cc2)[c-]n1.[Rb+].[Re].[Re]. The first-order chi connectivity index (χ1) is 11.2. The molecule has 0 fully saturated rings. The van der Waals surface area contributed by atoms with Crippen LogP contribution in [0.4, 0.5) is 0 Å². The standard InChI is InChI=1S/C19H14N3O.Rb.2Re/c1-14-10-22(13-20-14)17-8-6-15(7-9-17)11-21-12-16-4-2-3-5-18(16)19(21)23;;;/h2-6,8-9H,11-12H2,1H3;;;/q-3;+1;;. The van der Waals surface area contributed by atoms with E-state index in [4.69, 9.17) is 0 Å². The second-order valence-electron chi connectivity index (χ2n) is 5.63. The minimum Gasteiger partial charge on any atom is -0.594 e. The number of nitrogens with zero attached hydrogens (tertiary/aromatic N) is 3. The first-order valence-electron chi connectivity index (χ1n) is 7.45. The number of imidazole rings is 1. The fraction of sp³-hybridized carbons (Fsp3) is 0.158. The van der Waals surface area contributed by atoms with Crippen molar-refractivity contribution in [3.05, 3.63) is 83.4 Å². The molecular weight excluding hydrogens is 744 g/mol. The van der Waals surface area contributed by atoms with Gasteiger partial charge in [0.2, 0.25) is 0 Å². The molecule has 0 saturated heterocycles. The first-order valence-corrected chi connectivity index (χ1v) is 7.45. The van der Waals surface area contributed by atoms with Gasteiger partial charge in [-0.05, 0) is 18.6 Å². The minimum absolute atomic E-state index is 0. The molecule has 7 heteroatoms. The Kier molecular flexibility index (Phi) is 10.00. The number of rotatable bonds is 3. The number of aryl methyl sites for hydroxylation is 1. The van der Waals surface area contributed by atoms with Gasteiger partial charge in [-0.2, -0.15) is 30.6 Å². The van der Waals surface area contributed by atoms with Crippen LogP contribution in [0.3, 0.4) is 0 Å². The summed E-state index contributed by atoms with van der Waals surface area (Å²) >= 11 is 0. The monoisotopic (exact) mass is 759 g/mol. The van der Waals surface area contributed by atoms with Crippen molar-refractivity contribution in [2.24, 2.45) is 0 Å². The summed E-state index contributed by atoms with van der Waals surface area (Å²) in [6.07, 6.45) is 5.93. The molecule has 0 N–H and O–H groups in total. The maximum Gasteiger partial charge on any atom is 1.00 e. The van der Waals surface area contributed by atoms with Crippen LogP contribution in [-0.2, 0) is 53.9 Å². The quantitative estimate of drug-likeness (QED) is 0.346. The van der Waals surface area contributed by atoms with Gasteiger partial charge in [-0.3, -0.25) is 4.79 Å². The molecule has 128 valence electrons. The molecule has 1 aliphatic heterocycles. The molecule has 0 atom stereocenters. The maximum absolute atomic E-state index is 12.4. The van der Waals surface area contributed by atoms with Crippen LogP contribution in [0, 0.1) is 25.5 Å². The van der Waals surface area contributed by atoms with Crippen molar-refractivity contribution < 1.29 is 104 Å². The molecule has 0 unspecified atom stereocenters. The summed E-state index contributed by atoms with van der Waals surface area (Å²) in [5.74, 6) is 0.0879. The second-order valence-corrected chi connectivity index (χ2v) is 5.63. The number of fused-ring (bicyclic) bond motifs is 1. The summed E-state index contributed by atoms with van der Waals surface area (Å²) in [6.45, 7) is 3.10. The number of aromatic nitrogens is 2. The van der Waals surface area contributed by atoms with Crippen molar-refractivity contribution in [1.29, 1.82) is 0 Å². The summed E-state index contributed by atoms with van der Waals surface area (Å²) < 4.78 is 1.71. The van der Waals surface area contributed by atoms with Gasteiger partial charge in [0.25, 0.3) is 5.91 Å². The van der Waals surface area contributed by atoms with Gasteiger partial charge < -0.3 is 14.5 Å². The van der Waals surface area contributed by atoms with E-state index in [1.165, 1.54) is 0 Å². The Morgan fingerprint density at radius 2 is 1.92 bits per heavy atom. The summed E-state index contributed by atoms with van der Waals surface area (Å²) in [4.78, 5) is 18.3. The molecule has 2 aromatic carbocycles. The van der Waals surface area contributed by atoms with Crippen LogP contribution in [0.25, 0.3) is 5.69 Å². The topological polar surface area (TPSA) is 38.1 Å². The van der Waals surface area contributed by atoms with E-state index in [0.717, 1.165) is 28.1 Å². The Morgan fingerprint density at radius 1 is 1.15 bits per heavy atom. The van der Waals surface area contributed by atoms with Gasteiger partial charge in [0.1, 0.15) is 0 Å². The van der Waals surface area contributed by atoms with E-state index < -0.39 is 0 Å². The molecule has 4 nitrogen and oxygen atoms in total. The van der Waals surface area contributed by atoms with E-state index in [9.17, 15) is 4.79 Å². The van der Waals surface area contributed by atoms with E-state index in [2.05, 4.69) is 23.6 Å². The molecule has 0 bridgehead atoms. The molecule has 3 aromatic rings. The molecule has 0 aliphatic carbocycles. The normalized spacial score (nSPS) is 11.9. The van der Waals surface area contributed by atoms with Gasteiger partial charge in [0.15, 0.2) is 0 Å². The van der Waals surface area contributed by atoms with Crippen LogP contribution in [0.5, 0.6) is 0 Å². The predicted octanol–water partition coefficient (Wildman–Crippen LogP) is -0.264. The minimum atomic E-state index is 0. The van der Waals surface area contributed by atoms with Gasteiger partial charge in [0, 0.05) is 59.5 Å². The summed E-state index contributed by atoms with van der Waals surface area (Å²) in [6, 6.07) is 16.8. The molecule has 1 aromatic heterocycles. The second kappa shape index (κ2) is 10.7. The molecular formula is C19H14N3ORbRe2-2. The Hall–Kier alpha value is 0.250. The smallest absolute Gasteiger partial charge is 0.594 e. The van der Waals surface area contributed by atoms with Crippen molar-refractivity contribution >= 4 is 5.91 Å². The third-order valence-electron chi connectivity index (χ3n) is 3.97. The van der Waals surface area contributed by atoms with E-state index in [1.54, 1.807) is 4.57 Å². The summed E-state index contributed by atoms with van der Waals surface area (Å²) in [5.41, 5.74) is 4.58. The number of benzene rings is 2. The Bertz CT molecular complexity index is 881. The zero-order valence-corrected chi connectivity index (χ0v) is 24.8. The van der Waals surface area contributed by atoms with Crippen molar-refractivity contribution in [1.82, 2.24) is 14.5 Å². The van der Waals surface area contributed by atoms with Crippen molar-refractivity contribution in [2.75, 3.05) is 0 Å². The Balaban J connectivity index is 0.00000113. The third kappa shape index (κ3) is 5.19. The van der Waals surface area contributed by atoms with Crippen LogP contribution in [0.2, 0.25) is 0 Å². The predicted molar refractivity (Wildman–Crippen MR) is 84.8 cm³/mol. The molecule has 2 heterocycles. The van der Waals surface area contributed by atoms with Gasteiger partial charge in [-0.15, -0.1) is 11.3 Å². The molecule has 26 heavy (non-hydrogen) atoms. The van der Waals surface area contributed by atoms with Crippen molar-refractivity contribution in [2.45, 2.75) is 20.0 Å². The fourth-order valence-electron chi connectivity index (χ4n) is 2.79. The number of carbonyl (C=O) groups is 1. The van der Waals surface area contributed by atoms with E-state index in [1.807, 2.05) is 54.3 Å². The molecule has 4 rings (SSSR count). The largest absolute Gasteiger partial charge is 1.00 e. The molecule has 0 saturated carbocycles. The van der Waals surface area contributed by atoms with Crippen molar-refractivity contribution in [3.63, 3.8) is 0 Å². The van der Waals surface area contributed by atoms with E-state index >= 15 is 0 Å². The average Bonchev–Trinajstić information content (AvgIpc) is 3.13. The van der Waals surface area contributed by atoms with Crippen LogP contribution in [0.15, 0.2) is 42.5 Å².